The van der Waals surface area contributed by atoms with Crippen LogP contribution in [0.5, 0.6) is 5.75 Å². The molecule has 6 nitrogen and oxygen atoms in total. The molecule has 2 aromatic heterocycles. The molecule has 0 saturated carbocycles. The maximum absolute atomic E-state index is 12.5. The minimum Gasteiger partial charge on any atom is -0.435 e. The van der Waals surface area contributed by atoms with Gasteiger partial charge in [-0.1, -0.05) is 12.1 Å². The maximum Gasteiger partial charge on any atom is 0.387 e. The summed E-state index contributed by atoms with van der Waals surface area (Å²) in [6, 6.07) is 6.37. The zero-order chi connectivity index (χ0) is 22.5. The van der Waals surface area contributed by atoms with Crippen LogP contribution < -0.4 is 15.6 Å². The van der Waals surface area contributed by atoms with Gasteiger partial charge in [0.2, 0.25) is 5.91 Å². The Morgan fingerprint density at radius 2 is 2.09 bits per heavy atom. The van der Waals surface area contributed by atoms with Crippen molar-refractivity contribution in [3.63, 3.8) is 0 Å². The van der Waals surface area contributed by atoms with Gasteiger partial charge in [-0.2, -0.15) is 20.5 Å². The lowest BCUT2D eigenvalue weighted by Gasteiger charge is -2.07. The number of alkyl halides is 2. The molecule has 3 aromatic rings. The minimum absolute atomic E-state index is 0.0539. The first kappa shape index (κ1) is 22.7. The smallest absolute Gasteiger partial charge is 0.387 e. The largest absolute Gasteiger partial charge is 0.435 e. The van der Waals surface area contributed by atoms with Gasteiger partial charge < -0.3 is 15.0 Å². The van der Waals surface area contributed by atoms with E-state index in [2.05, 4.69) is 20.0 Å². The van der Waals surface area contributed by atoms with Crippen LogP contribution in [0.25, 0.3) is 10.2 Å². The molecule has 2 heterocycles. The highest BCUT2D eigenvalue weighted by molar-refractivity contribution is 7.98. The molecular formula is C22H23F2N3O3S2. The molecule has 0 spiro atoms. The molecule has 170 valence electrons. The number of benzene rings is 1. The number of carbonyl (C=O) groups excluding carboxylic acids is 1. The Labute approximate surface area is 191 Å². The van der Waals surface area contributed by atoms with Gasteiger partial charge in [-0.05, 0) is 48.9 Å². The van der Waals surface area contributed by atoms with Crippen LogP contribution in [0.15, 0.2) is 29.1 Å². The summed E-state index contributed by atoms with van der Waals surface area (Å²) in [5.41, 5.74) is 2.04. The van der Waals surface area contributed by atoms with Crippen LogP contribution in [-0.2, 0) is 29.8 Å². The first-order valence-electron chi connectivity index (χ1n) is 10.4. The summed E-state index contributed by atoms with van der Waals surface area (Å²) in [5, 5.41) is 3.61. The van der Waals surface area contributed by atoms with E-state index in [1.54, 1.807) is 35.2 Å². The number of thioether (sulfide) groups is 1. The monoisotopic (exact) mass is 479 g/mol. The number of halogens is 2. The van der Waals surface area contributed by atoms with Crippen LogP contribution in [0.3, 0.4) is 0 Å². The summed E-state index contributed by atoms with van der Waals surface area (Å²) >= 11 is 3.18. The number of carbonyl (C=O) groups is 1. The summed E-state index contributed by atoms with van der Waals surface area (Å²) in [4.78, 5) is 34.1. The number of thiophene rings is 1. The number of aromatic amines is 1. The molecule has 2 N–H and O–H groups in total. The van der Waals surface area contributed by atoms with Crippen molar-refractivity contribution < 1.29 is 18.3 Å². The van der Waals surface area contributed by atoms with Gasteiger partial charge in [-0.3, -0.25) is 9.59 Å². The number of nitrogens with zero attached hydrogens (tertiary/aromatic N) is 1. The van der Waals surface area contributed by atoms with E-state index in [1.807, 2.05) is 0 Å². The second kappa shape index (κ2) is 10.4. The fourth-order valence-corrected chi connectivity index (χ4v) is 5.81. The molecule has 0 aliphatic heterocycles. The van der Waals surface area contributed by atoms with E-state index in [-0.39, 0.29) is 17.2 Å². The van der Waals surface area contributed by atoms with Crippen molar-refractivity contribution in [2.45, 2.75) is 44.5 Å². The van der Waals surface area contributed by atoms with Crippen molar-refractivity contribution in [3.05, 3.63) is 56.4 Å². The summed E-state index contributed by atoms with van der Waals surface area (Å²) in [7, 11) is 0. The molecule has 0 fully saturated rings. The summed E-state index contributed by atoms with van der Waals surface area (Å²) in [5.74, 6) is 1.87. The SMILES string of the molecule is O=C(CCSCc1nc2sc3c(c2c(=O)[nH]1)CCC3)NCCc1ccc(OC(F)F)cc1. The maximum atomic E-state index is 12.5. The third kappa shape index (κ3) is 5.66. The van der Waals surface area contributed by atoms with Gasteiger partial charge in [-0.15, -0.1) is 11.3 Å². The highest BCUT2D eigenvalue weighted by Crippen LogP contribution is 2.34. The van der Waals surface area contributed by atoms with Crippen molar-refractivity contribution >= 4 is 39.2 Å². The van der Waals surface area contributed by atoms with Crippen LogP contribution in [0.1, 0.15) is 34.7 Å². The van der Waals surface area contributed by atoms with Crippen molar-refractivity contribution in [2.75, 3.05) is 12.3 Å². The number of fused-ring (bicyclic) bond motifs is 3. The minimum atomic E-state index is -2.84. The molecule has 0 saturated heterocycles. The van der Waals surface area contributed by atoms with Crippen molar-refractivity contribution in [1.29, 1.82) is 0 Å². The van der Waals surface area contributed by atoms with Crippen LogP contribution in [0.2, 0.25) is 0 Å². The Morgan fingerprint density at radius 1 is 1.28 bits per heavy atom. The molecule has 4 rings (SSSR count). The first-order valence-corrected chi connectivity index (χ1v) is 12.4. The number of hydrogen-bond donors (Lipinski definition) is 2. The molecule has 0 unspecified atom stereocenters. The van der Waals surface area contributed by atoms with Gasteiger partial charge >= 0.3 is 6.61 Å². The Balaban J connectivity index is 1.17. The number of ether oxygens (including phenoxy) is 1. The second-order valence-corrected chi connectivity index (χ2v) is 9.66. The fourth-order valence-electron chi connectivity index (χ4n) is 3.72. The van der Waals surface area contributed by atoms with E-state index in [1.165, 1.54) is 22.6 Å². The van der Waals surface area contributed by atoms with Crippen molar-refractivity contribution in [2.24, 2.45) is 0 Å². The van der Waals surface area contributed by atoms with E-state index < -0.39 is 6.61 Å². The number of hydrogen-bond acceptors (Lipinski definition) is 6. The lowest BCUT2D eigenvalue weighted by molar-refractivity contribution is -0.120. The van der Waals surface area contributed by atoms with Gasteiger partial charge in [-0.25, -0.2) is 4.98 Å². The van der Waals surface area contributed by atoms with Gasteiger partial charge in [0.05, 0.1) is 11.1 Å². The van der Waals surface area contributed by atoms with E-state index in [9.17, 15) is 18.4 Å². The van der Waals surface area contributed by atoms with E-state index in [0.29, 0.717) is 36.7 Å². The topological polar surface area (TPSA) is 84.1 Å². The lowest BCUT2D eigenvalue weighted by Crippen LogP contribution is -2.25. The number of nitrogens with one attached hydrogen (secondary N) is 2. The molecule has 1 aliphatic carbocycles. The molecule has 1 aromatic carbocycles. The Bertz CT molecular complexity index is 1150. The zero-order valence-electron chi connectivity index (χ0n) is 17.3. The van der Waals surface area contributed by atoms with Crippen LogP contribution in [-0.4, -0.2) is 34.8 Å². The van der Waals surface area contributed by atoms with Crippen LogP contribution in [0, 0.1) is 0 Å². The fraction of sp³-hybridized carbons (Fsp3) is 0.409. The Hall–Kier alpha value is -2.46. The highest BCUT2D eigenvalue weighted by Gasteiger charge is 2.21. The van der Waals surface area contributed by atoms with E-state index in [0.717, 1.165) is 35.0 Å². The molecular weight excluding hydrogens is 456 g/mol. The quantitative estimate of drug-likeness (QED) is 0.429. The Morgan fingerprint density at radius 3 is 2.88 bits per heavy atom. The molecule has 10 heteroatoms. The number of H-pyrrole nitrogens is 1. The van der Waals surface area contributed by atoms with E-state index in [4.69, 9.17) is 0 Å². The third-order valence-corrected chi connectivity index (χ3v) is 7.38. The molecule has 1 amide bonds. The summed E-state index contributed by atoms with van der Waals surface area (Å²) < 4.78 is 28.6. The summed E-state index contributed by atoms with van der Waals surface area (Å²) in [6.07, 6.45) is 4.07. The standard InChI is InChI=1S/C22H23F2N3O3S2/c23-22(24)30-14-6-4-13(5-7-14)8-10-25-18(28)9-11-31-12-17-26-20(29)19-15-2-1-3-16(15)32-21(19)27-17/h4-7,22H,1-3,8-12H2,(H,25,28)(H,26,27,29). The predicted molar refractivity (Wildman–Crippen MR) is 123 cm³/mol. The molecule has 1 aliphatic rings. The molecule has 0 radical (unpaired) electrons. The second-order valence-electron chi connectivity index (χ2n) is 7.48. The zero-order valence-corrected chi connectivity index (χ0v) is 18.9. The Kier molecular flexibility index (Phi) is 7.41. The summed E-state index contributed by atoms with van der Waals surface area (Å²) in [6.45, 7) is -2.37. The number of amides is 1. The first-order chi connectivity index (χ1) is 15.5. The third-order valence-electron chi connectivity index (χ3n) is 5.22. The van der Waals surface area contributed by atoms with Gasteiger partial charge in [0.25, 0.3) is 5.56 Å². The van der Waals surface area contributed by atoms with Gasteiger partial charge in [0.1, 0.15) is 16.4 Å². The predicted octanol–water partition coefficient (Wildman–Crippen LogP) is 4.06. The van der Waals surface area contributed by atoms with E-state index >= 15 is 0 Å². The number of rotatable bonds is 10. The van der Waals surface area contributed by atoms with Crippen molar-refractivity contribution in [3.8, 4) is 5.75 Å². The number of aryl methyl sites for hydroxylation is 2. The lowest BCUT2D eigenvalue weighted by atomic mass is 10.1. The van der Waals surface area contributed by atoms with Crippen LogP contribution >= 0.6 is 23.1 Å². The number of aromatic nitrogens is 2. The average Bonchev–Trinajstić information content (AvgIpc) is 3.33. The molecule has 0 atom stereocenters. The van der Waals surface area contributed by atoms with Gasteiger partial charge in [0.15, 0.2) is 0 Å². The van der Waals surface area contributed by atoms with Crippen LogP contribution in [0.4, 0.5) is 8.78 Å². The van der Waals surface area contributed by atoms with Gasteiger partial charge in [0, 0.05) is 23.6 Å². The molecule has 0 bridgehead atoms. The van der Waals surface area contributed by atoms with Crippen molar-refractivity contribution in [1.82, 2.24) is 15.3 Å². The highest BCUT2D eigenvalue weighted by atomic mass is 32.2. The average molecular weight is 480 g/mol. The molecule has 32 heavy (non-hydrogen) atoms. The normalized spacial score (nSPS) is 13.0.